The van der Waals surface area contributed by atoms with Crippen molar-refractivity contribution in [3.8, 4) is 5.75 Å². The zero-order valence-electron chi connectivity index (χ0n) is 18.0. The summed E-state index contributed by atoms with van der Waals surface area (Å²) in [5.41, 5.74) is 0.915. The maximum Gasteiger partial charge on any atom is 0.426 e. The van der Waals surface area contributed by atoms with Gasteiger partial charge in [0, 0.05) is 38.9 Å². The summed E-state index contributed by atoms with van der Waals surface area (Å²) in [6, 6.07) is 12.3. The van der Waals surface area contributed by atoms with Gasteiger partial charge < -0.3 is 19.7 Å². The Morgan fingerprint density at radius 3 is 2.39 bits per heavy atom. The number of carbonyl (C=O) groups excluding carboxylic acids is 1. The largest absolute Gasteiger partial charge is 0.497 e. The molecule has 176 valence electrons. The minimum Gasteiger partial charge on any atom is -0.497 e. The van der Waals surface area contributed by atoms with Gasteiger partial charge in [0.1, 0.15) is 11.4 Å². The van der Waals surface area contributed by atoms with E-state index in [-0.39, 0.29) is 0 Å². The van der Waals surface area contributed by atoms with E-state index in [4.69, 9.17) is 14.4 Å². The first kappa shape index (κ1) is 22.9. The predicted octanol–water partition coefficient (Wildman–Crippen LogP) is 4.51. The van der Waals surface area contributed by atoms with Crippen LogP contribution in [0.25, 0.3) is 0 Å². The summed E-state index contributed by atoms with van der Waals surface area (Å²) in [7, 11) is 1.59. The van der Waals surface area contributed by atoms with E-state index in [0.717, 1.165) is 23.4 Å². The maximum absolute atomic E-state index is 12.8. The van der Waals surface area contributed by atoms with Crippen LogP contribution < -0.4 is 10.1 Å². The molecular formula is C23H24F3N3O4. The second-order valence-electron chi connectivity index (χ2n) is 8.07. The molecule has 2 aliphatic heterocycles. The molecule has 0 saturated carbocycles. The molecule has 1 spiro atoms. The van der Waals surface area contributed by atoms with Crippen molar-refractivity contribution < 1.29 is 32.4 Å². The lowest BCUT2D eigenvalue weighted by molar-refractivity contribution is -0.157. The number of amides is 1. The quantitative estimate of drug-likeness (QED) is 0.706. The Bertz CT molecular complexity index is 999. The van der Waals surface area contributed by atoms with Gasteiger partial charge in [-0.25, -0.2) is 4.79 Å². The predicted molar refractivity (Wildman–Crippen MR) is 114 cm³/mol. The molecule has 0 aliphatic carbocycles. The molecule has 33 heavy (non-hydrogen) atoms. The molecule has 0 atom stereocenters. The number of oxime groups is 1. The number of hydrogen-bond acceptors (Lipinski definition) is 6. The minimum atomic E-state index is -4.37. The SMILES string of the molecule is COc1ccc(CNC(=O)ON2CCC3(CC2)CC(c2ccc(C(F)(F)F)cc2)=NO3)cc1. The van der Waals surface area contributed by atoms with Crippen molar-refractivity contribution in [3.05, 3.63) is 65.2 Å². The Hall–Kier alpha value is -3.27. The highest BCUT2D eigenvalue weighted by Gasteiger charge is 2.43. The second-order valence-corrected chi connectivity index (χ2v) is 8.07. The molecule has 0 bridgehead atoms. The van der Waals surface area contributed by atoms with Gasteiger partial charge in [-0.15, -0.1) is 5.06 Å². The van der Waals surface area contributed by atoms with Crippen LogP contribution in [0.1, 0.15) is 36.0 Å². The standard InChI is InChI=1S/C23H24F3N3O4/c1-31-19-8-2-16(3-9-19)15-27-21(30)32-29-12-10-22(11-13-29)14-20(28-33-22)17-4-6-18(7-5-17)23(24,25)26/h2-9H,10-15H2,1H3,(H,27,30). The van der Waals surface area contributed by atoms with Gasteiger partial charge in [0.05, 0.1) is 18.4 Å². The van der Waals surface area contributed by atoms with E-state index in [0.29, 0.717) is 50.2 Å². The summed E-state index contributed by atoms with van der Waals surface area (Å²) in [5, 5.41) is 8.41. The number of nitrogens with zero attached hydrogens (tertiary/aromatic N) is 2. The summed E-state index contributed by atoms with van der Waals surface area (Å²) in [4.78, 5) is 23.2. The van der Waals surface area contributed by atoms with Crippen LogP contribution in [0.5, 0.6) is 5.75 Å². The van der Waals surface area contributed by atoms with E-state index in [1.807, 2.05) is 24.3 Å². The van der Waals surface area contributed by atoms with E-state index in [2.05, 4.69) is 10.5 Å². The Kier molecular flexibility index (Phi) is 6.46. The molecule has 2 heterocycles. The van der Waals surface area contributed by atoms with Crippen molar-refractivity contribution in [2.24, 2.45) is 5.16 Å². The van der Waals surface area contributed by atoms with Crippen LogP contribution in [0.3, 0.4) is 0 Å². The fraction of sp³-hybridized carbons (Fsp3) is 0.391. The molecular weight excluding hydrogens is 439 g/mol. The number of ether oxygens (including phenoxy) is 1. The lowest BCUT2D eigenvalue weighted by Gasteiger charge is -2.35. The van der Waals surface area contributed by atoms with Crippen molar-refractivity contribution in [2.45, 2.75) is 37.6 Å². The molecule has 4 rings (SSSR count). The maximum atomic E-state index is 12.8. The molecule has 1 saturated heterocycles. The molecule has 0 unspecified atom stereocenters. The number of halogens is 3. The number of methoxy groups -OCH3 is 1. The normalized spacial score (nSPS) is 17.9. The van der Waals surface area contributed by atoms with Crippen LogP contribution in [0.2, 0.25) is 0 Å². The fourth-order valence-electron chi connectivity index (χ4n) is 3.85. The summed E-state index contributed by atoms with van der Waals surface area (Å²) in [5.74, 6) is 0.739. The van der Waals surface area contributed by atoms with Crippen LogP contribution in [0.15, 0.2) is 53.7 Å². The third-order valence-corrected chi connectivity index (χ3v) is 5.83. The van der Waals surface area contributed by atoms with Crippen LogP contribution in [-0.4, -0.2) is 42.7 Å². The highest BCUT2D eigenvalue weighted by molar-refractivity contribution is 6.01. The monoisotopic (exact) mass is 463 g/mol. The molecule has 10 heteroatoms. The van der Waals surface area contributed by atoms with Crippen molar-refractivity contribution in [2.75, 3.05) is 20.2 Å². The van der Waals surface area contributed by atoms with Crippen molar-refractivity contribution >= 4 is 11.8 Å². The van der Waals surface area contributed by atoms with E-state index in [1.165, 1.54) is 12.1 Å². The number of hydrogen-bond donors (Lipinski definition) is 1. The molecule has 1 amide bonds. The lowest BCUT2D eigenvalue weighted by atomic mass is 9.86. The zero-order chi connectivity index (χ0) is 23.5. The number of piperidine rings is 1. The van der Waals surface area contributed by atoms with Gasteiger partial charge in [-0.3, -0.25) is 0 Å². The third kappa shape index (κ3) is 5.57. The van der Waals surface area contributed by atoms with Gasteiger partial charge in [0.25, 0.3) is 0 Å². The third-order valence-electron chi connectivity index (χ3n) is 5.83. The first-order valence-electron chi connectivity index (χ1n) is 10.5. The first-order chi connectivity index (χ1) is 15.8. The lowest BCUT2D eigenvalue weighted by Crippen LogP contribution is -2.46. The molecule has 0 radical (unpaired) electrons. The van der Waals surface area contributed by atoms with Crippen molar-refractivity contribution in [1.82, 2.24) is 10.4 Å². The summed E-state index contributed by atoms with van der Waals surface area (Å²) >= 11 is 0. The number of benzene rings is 2. The van der Waals surface area contributed by atoms with E-state index in [9.17, 15) is 18.0 Å². The van der Waals surface area contributed by atoms with Gasteiger partial charge >= 0.3 is 12.3 Å². The van der Waals surface area contributed by atoms with Crippen molar-refractivity contribution in [3.63, 3.8) is 0 Å². The second kappa shape index (κ2) is 9.30. The number of carbonyl (C=O) groups is 1. The Morgan fingerprint density at radius 2 is 1.79 bits per heavy atom. The number of alkyl halides is 3. The van der Waals surface area contributed by atoms with Crippen LogP contribution in [0, 0.1) is 0 Å². The highest BCUT2D eigenvalue weighted by Crippen LogP contribution is 2.37. The molecule has 2 aromatic carbocycles. The van der Waals surface area contributed by atoms with Crippen LogP contribution in [0.4, 0.5) is 18.0 Å². The molecule has 1 fully saturated rings. The average molecular weight is 463 g/mol. The van der Waals surface area contributed by atoms with Crippen molar-refractivity contribution in [1.29, 1.82) is 0 Å². The smallest absolute Gasteiger partial charge is 0.426 e. The van der Waals surface area contributed by atoms with Gasteiger partial charge in [0.15, 0.2) is 0 Å². The van der Waals surface area contributed by atoms with E-state index >= 15 is 0 Å². The van der Waals surface area contributed by atoms with Gasteiger partial charge in [-0.1, -0.05) is 29.4 Å². The molecule has 7 nitrogen and oxygen atoms in total. The first-order valence-corrected chi connectivity index (χ1v) is 10.5. The van der Waals surface area contributed by atoms with Crippen LogP contribution >= 0.6 is 0 Å². The van der Waals surface area contributed by atoms with E-state index in [1.54, 1.807) is 12.2 Å². The van der Waals surface area contributed by atoms with Crippen LogP contribution in [-0.2, 0) is 22.4 Å². The summed E-state index contributed by atoms with van der Waals surface area (Å²) < 4.78 is 43.4. The summed E-state index contributed by atoms with van der Waals surface area (Å²) in [6.07, 6.45) is -3.27. The highest BCUT2D eigenvalue weighted by atomic mass is 19.4. The number of hydroxylamine groups is 2. The average Bonchev–Trinajstić information content (AvgIpc) is 3.23. The molecule has 2 aliphatic rings. The minimum absolute atomic E-state index is 0.327. The van der Waals surface area contributed by atoms with Gasteiger partial charge in [-0.05, 0) is 35.4 Å². The Labute approximate surface area is 189 Å². The zero-order valence-corrected chi connectivity index (χ0v) is 18.0. The number of rotatable bonds is 5. The van der Waals surface area contributed by atoms with Gasteiger partial charge in [0.2, 0.25) is 0 Å². The van der Waals surface area contributed by atoms with Gasteiger partial charge in [-0.2, -0.15) is 13.2 Å². The summed E-state index contributed by atoms with van der Waals surface area (Å²) in [6.45, 7) is 1.26. The molecule has 2 aromatic rings. The topological polar surface area (TPSA) is 72.4 Å². The van der Waals surface area contributed by atoms with E-state index < -0.39 is 23.4 Å². The molecule has 0 aromatic heterocycles. The molecule has 1 N–H and O–H groups in total. The number of nitrogens with one attached hydrogen (secondary N) is 1. The Morgan fingerprint density at radius 1 is 1.12 bits per heavy atom. The Balaban J connectivity index is 1.23. The fourth-order valence-corrected chi connectivity index (χ4v) is 3.85.